The van der Waals surface area contributed by atoms with Crippen LogP contribution >= 0.6 is 0 Å². The lowest BCUT2D eigenvalue weighted by Crippen LogP contribution is -2.33. The van der Waals surface area contributed by atoms with Crippen LogP contribution in [0.4, 0.5) is 0 Å². The van der Waals surface area contributed by atoms with E-state index in [1.807, 2.05) is 24.5 Å². The molecule has 1 aromatic heterocycles. The highest BCUT2D eigenvalue weighted by Crippen LogP contribution is 2.10. The van der Waals surface area contributed by atoms with E-state index < -0.39 is 0 Å². The lowest BCUT2D eigenvalue weighted by molar-refractivity contribution is -0.121. The first-order valence-corrected chi connectivity index (χ1v) is 8.72. The first-order valence-electron chi connectivity index (χ1n) is 8.72. The maximum atomic E-state index is 11.9. The van der Waals surface area contributed by atoms with Crippen molar-refractivity contribution in [1.82, 2.24) is 15.2 Å². The van der Waals surface area contributed by atoms with E-state index in [4.69, 9.17) is 0 Å². The average molecular weight is 303 g/mol. The van der Waals surface area contributed by atoms with E-state index in [-0.39, 0.29) is 5.91 Å². The first kappa shape index (κ1) is 16.9. The van der Waals surface area contributed by atoms with E-state index >= 15 is 0 Å². The van der Waals surface area contributed by atoms with Gasteiger partial charge < -0.3 is 10.2 Å². The molecule has 122 valence electrons. The second kappa shape index (κ2) is 10.3. The van der Waals surface area contributed by atoms with Crippen LogP contribution in [0.15, 0.2) is 24.5 Å². The molecule has 1 aromatic rings. The number of hydrogen-bond donors (Lipinski definition) is 1. The fourth-order valence-corrected chi connectivity index (χ4v) is 2.95. The van der Waals surface area contributed by atoms with Crippen molar-refractivity contribution in [3.8, 4) is 0 Å². The fourth-order valence-electron chi connectivity index (χ4n) is 2.95. The van der Waals surface area contributed by atoms with Gasteiger partial charge in [0.05, 0.1) is 0 Å². The third-order valence-electron chi connectivity index (χ3n) is 4.32. The van der Waals surface area contributed by atoms with Gasteiger partial charge in [-0.3, -0.25) is 9.78 Å². The predicted molar refractivity (Wildman–Crippen MR) is 89.7 cm³/mol. The van der Waals surface area contributed by atoms with Crippen LogP contribution in [0.1, 0.15) is 50.5 Å². The topological polar surface area (TPSA) is 45.2 Å². The second-order valence-electron chi connectivity index (χ2n) is 6.17. The van der Waals surface area contributed by atoms with Gasteiger partial charge in [-0.1, -0.05) is 19.3 Å². The molecule has 0 atom stereocenters. The summed E-state index contributed by atoms with van der Waals surface area (Å²) >= 11 is 0. The van der Waals surface area contributed by atoms with Gasteiger partial charge in [0.1, 0.15) is 0 Å². The Kier molecular flexibility index (Phi) is 7.96. The van der Waals surface area contributed by atoms with Gasteiger partial charge in [0.2, 0.25) is 5.91 Å². The van der Waals surface area contributed by atoms with Crippen molar-refractivity contribution in [1.29, 1.82) is 0 Å². The molecule has 22 heavy (non-hydrogen) atoms. The van der Waals surface area contributed by atoms with E-state index in [1.165, 1.54) is 37.7 Å². The summed E-state index contributed by atoms with van der Waals surface area (Å²) in [5, 5.41) is 3.04. The average Bonchev–Trinajstić information content (AvgIpc) is 2.51. The van der Waals surface area contributed by atoms with Crippen LogP contribution in [-0.2, 0) is 11.2 Å². The number of carbonyl (C=O) groups excluding carboxylic acids is 1. The molecule has 2 heterocycles. The predicted octanol–water partition coefficient (Wildman–Crippen LogP) is 2.79. The van der Waals surface area contributed by atoms with Crippen molar-refractivity contribution in [3.05, 3.63) is 30.1 Å². The molecule has 0 bridgehead atoms. The number of aromatic nitrogens is 1. The second-order valence-corrected chi connectivity index (χ2v) is 6.17. The van der Waals surface area contributed by atoms with Crippen LogP contribution < -0.4 is 5.32 Å². The number of nitrogens with one attached hydrogen (secondary N) is 1. The van der Waals surface area contributed by atoms with E-state index in [9.17, 15) is 4.79 Å². The Morgan fingerprint density at radius 2 is 1.77 bits per heavy atom. The van der Waals surface area contributed by atoms with Gasteiger partial charge in [0.25, 0.3) is 0 Å². The van der Waals surface area contributed by atoms with E-state index in [2.05, 4.69) is 15.2 Å². The number of carbonyl (C=O) groups is 1. The van der Waals surface area contributed by atoms with Crippen LogP contribution in [0.2, 0.25) is 0 Å². The molecule has 1 amide bonds. The third-order valence-corrected chi connectivity index (χ3v) is 4.32. The largest absolute Gasteiger partial charge is 0.356 e. The van der Waals surface area contributed by atoms with Crippen molar-refractivity contribution < 1.29 is 4.79 Å². The molecule has 1 aliphatic heterocycles. The van der Waals surface area contributed by atoms with Crippen LogP contribution in [0, 0.1) is 0 Å². The van der Waals surface area contributed by atoms with Crippen LogP contribution in [0.5, 0.6) is 0 Å². The van der Waals surface area contributed by atoms with Crippen LogP contribution in [0.25, 0.3) is 0 Å². The lowest BCUT2D eigenvalue weighted by Gasteiger charge is -2.24. The number of amides is 1. The smallest absolute Gasteiger partial charge is 0.221 e. The molecule has 4 nitrogen and oxygen atoms in total. The maximum Gasteiger partial charge on any atom is 0.221 e. The molecule has 0 radical (unpaired) electrons. The summed E-state index contributed by atoms with van der Waals surface area (Å²) in [6.07, 6.45) is 12.9. The molecule has 0 aliphatic carbocycles. The Morgan fingerprint density at radius 1 is 1.09 bits per heavy atom. The molecule has 0 saturated carbocycles. The number of nitrogens with zero attached hydrogens (tertiary/aromatic N) is 2. The summed E-state index contributed by atoms with van der Waals surface area (Å²) in [7, 11) is 0. The Balaban J connectivity index is 1.53. The molecular weight excluding hydrogens is 274 g/mol. The molecule has 1 N–H and O–H groups in total. The number of hydrogen-bond acceptors (Lipinski definition) is 3. The summed E-state index contributed by atoms with van der Waals surface area (Å²) in [6.45, 7) is 4.00. The minimum Gasteiger partial charge on any atom is -0.356 e. The Morgan fingerprint density at radius 3 is 2.50 bits per heavy atom. The molecule has 0 unspecified atom stereocenters. The number of aryl methyl sites for hydroxylation is 1. The lowest BCUT2D eigenvalue weighted by atomic mass is 10.1. The SMILES string of the molecule is O=C(CCN1CCCCCCC1)NCCCc1ccncc1. The zero-order valence-corrected chi connectivity index (χ0v) is 13.6. The van der Waals surface area contributed by atoms with Gasteiger partial charge in [-0.25, -0.2) is 0 Å². The quantitative estimate of drug-likeness (QED) is 0.788. The highest BCUT2D eigenvalue weighted by atomic mass is 16.1. The summed E-state index contributed by atoms with van der Waals surface area (Å²) in [4.78, 5) is 18.4. The normalized spacial score (nSPS) is 16.7. The van der Waals surface area contributed by atoms with Crippen molar-refractivity contribution >= 4 is 5.91 Å². The van der Waals surface area contributed by atoms with E-state index in [0.29, 0.717) is 6.42 Å². The molecular formula is C18H29N3O. The summed E-state index contributed by atoms with van der Waals surface area (Å²) in [5.41, 5.74) is 1.28. The molecule has 1 aliphatic rings. The minimum absolute atomic E-state index is 0.191. The van der Waals surface area contributed by atoms with Gasteiger partial charge in [0.15, 0.2) is 0 Å². The molecule has 2 rings (SSSR count). The molecule has 1 fully saturated rings. The molecule has 1 saturated heterocycles. The number of rotatable bonds is 7. The van der Waals surface area contributed by atoms with Gasteiger partial charge in [-0.15, -0.1) is 0 Å². The monoisotopic (exact) mass is 303 g/mol. The standard InChI is InChI=1S/C18H29N3O/c22-18(10-16-21-14-4-2-1-3-5-15-21)20-11-6-7-17-8-12-19-13-9-17/h8-9,12-13H,1-7,10-11,14-16H2,(H,20,22). The van der Waals surface area contributed by atoms with Gasteiger partial charge >= 0.3 is 0 Å². The Labute approximate surface area is 134 Å². The molecule has 0 spiro atoms. The first-order chi connectivity index (χ1) is 10.8. The number of likely N-dealkylation sites (tertiary alicyclic amines) is 1. The minimum atomic E-state index is 0.191. The third kappa shape index (κ3) is 7.03. The zero-order chi connectivity index (χ0) is 15.5. The summed E-state index contributed by atoms with van der Waals surface area (Å²) in [5.74, 6) is 0.191. The highest BCUT2D eigenvalue weighted by molar-refractivity contribution is 5.76. The van der Waals surface area contributed by atoms with Crippen LogP contribution in [-0.4, -0.2) is 42.0 Å². The fraction of sp³-hybridized carbons (Fsp3) is 0.667. The van der Waals surface area contributed by atoms with Gasteiger partial charge in [0, 0.05) is 31.9 Å². The Bertz CT molecular complexity index is 414. The van der Waals surface area contributed by atoms with Crippen molar-refractivity contribution in [2.24, 2.45) is 0 Å². The molecule has 4 heteroatoms. The van der Waals surface area contributed by atoms with E-state index in [0.717, 1.165) is 39.0 Å². The zero-order valence-electron chi connectivity index (χ0n) is 13.6. The van der Waals surface area contributed by atoms with Crippen molar-refractivity contribution in [3.63, 3.8) is 0 Å². The highest BCUT2D eigenvalue weighted by Gasteiger charge is 2.09. The maximum absolute atomic E-state index is 11.9. The summed E-state index contributed by atoms with van der Waals surface area (Å²) < 4.78 is 0. The van der Waals surface area contributed by atoms with Crippen molar-refractivity contribution in [2.45, 2.75) is 51.4 Å². The van der Waals surface area contributed by atoms with E-state index in [1.54, 1.807) is 0 Å². The van der Waals surface area contributed by atoms with Crippen LogP contribution in [0.3, 0.4) is 0 Å². The van der Waals surface area contributed by atoms with Crippen molar-refractivity contribution in [2.75, 3.05) is 26.2 Å². The van der Waals surface area contributed by atoms with Gasteiger partial charge in [-0.05, 0) is 56.5 Å². The Hall–Kier alpha value is -1.42. The number of pyridine rings is 1. The molecule has 0 aromatic carbocycles. The van der Waals surface area contributed by atoms with Gasteiger partial charge in [-0.2, -0.15) is 0 Å². The summed E-state index contributed by atoms with van der Waals surface area (Å²) in [6, 6.07) is 4.06.